The summed E-state index contributed by atoms with van der Waals surface area (Å²) in [5, 5.41) is 8.92. The lowest BCUT2D eigenvalue weighted by molar-refractivity contribution is -0.143. The van der Waals surface area contributed by atoms with E-state index in [1.807, 2.05) is 11.8 Å². The number of hydrogen-bond donors (Lipinski definition) is 1. The van der Waals surface area contributed by atoms with E-state index in [9.17, 15) is 9.59 Å². The van der Waals surface area contributed by atoms with Gasteiger partial charge in [-0.3, -0.25) is 4.79 Å². The Kier molecular flexibility index (Phi) is 4.06. The first-order valence-corrected chi connectivity index (χ1v) is 6.45. The average Bonchev–Trinajstić information content (AvgIpc) is 2.38. The Morgan fingerprint density at radius 2 is 1.89 bits per heavy atom. The molecule has 0 radical (unpaired) electrons. The summed E-state index contributed by atoms with van der Waals surface area (Å²) in [7, 11) is 0. The maximum absolute atomic E-state index is 12.3. The number of likely N-dealkylation sites (tertiary alicyclic amines) is 1. The Labute approximate surface area is 106 Å². The van der Waals surface area contributed by atoms with E-state index in [4.69, 9.17) is 9.84 Å². The molecule has 0 saturated carbocycles. The lowest BCUT2D eigenvalue weighted by Gasteiger charge is -2.39. The lowest BCUT2D eigenvalue weighted by atomic mass is 9.97. The molecule has 18 heavy (non-hydrogen) atoms. The highest BCUT2D eigenvalue weighted by Gasteiger charge is 2.32. The standard InChI is InChI=1S/C12H20N2O4/c1-9-8-18-7-6-14(9)12(17)13-4-2-10(3-5-13)11(15)16/h9-10H,2-8H2,1H3,(H,15,16). The summed E-state index contributed by atoms with van der Waals surface area (Å²) in [4.78, 5) is 26.7. The minimum Gasteiger partial charge on any atom is -0.481 e. The number of carboxylic acid groups (broad SMARTS) is 1. The Morgan fingerprint density at radius 3 is 2.44 bits per heavy atom. The lowest BCUT2D eigenvalue weighted by Crippen LogP contribution is -2.54. The van der Waals surface area contributed by atoms with Crippen molar-refractivity contribution in [3.8, 4) is 0 Å². The summed E-state index contributed by atoms with van der Waals surface area (Å²) in [6.07, 6.45) is 1.11. The van der Waals surface area contributed by atoms with Crippen molar-refractivity contribution < 1.29 is 19.4 Å². The summed E-state index contributed by atoms with van der Waals surface area (Å²) in [5.41, 5.74) is 0. The molecule has 1 unspecified atom stereocenters. The van der Waals surface area contributed by atoms with Crippen molar-refractivity contribution in [3.05, 3.63) is 0 Å². The van der Waals surface area contributed by atoms with Crippen LogP contribution in [0.15, 0.2) is 0 Å². The van der Waals surface area contributed by atoms with E-state index >= 15 is 0 Å². The number of nitrogens with zero attached hydrogens (tertiary/aromatic N) is 2. The van der Waals surface area contributed by atoms with Crippen LogP contribution in [0.4, 0.5) is 4.79 Å². The van der Waals surface area contributed by atoms with E-state index < -0.39 is 5.97 Å². The first kappa shape index (κ1) is 13.1. The largest absolute Gasteiger partial charge is 0.481 e. The molecule has 2 amide bonds. The van der Waals surface area contributed by atoms with Crippen LogP contribution in [-0.2, 0) is 9.53 Å². The zero-order valence-electron chi connectivity index (χ0n) is 10.7. The number of carbonyl (C=O) groups excluding carboxylic acids is 1. The fraction of sp³-hybridized carbons (Fsp3) is 0.833. The van der Waals surface area contributed by atoms with Crippen LogP contribution in [0.25, 0.3) is 0 Å². The fourth-order valence-corrected chi connectivity index (χ4v) is 2.51. The third kappa shape index (κ3) is 2.75. The molecule has 0 aromatic rings. The Bertz CT molecular complexity index is 326. The van der Waals surface area contributed by atoms with Crippen molar-refractivity contribution in [1.82, 2.24) is 9.80 Å². The molecule has 1 N–H and O–H groups in total. The molecule has 2 saturated heterocycles. The monoisotopic (exact) mass is 256 g/mol. The minimum atomic E-state index is -0.748. The van der Waals surface area contributed by atoms with E-state index in [-0.39, 0.29) is 18.0 Å². The number of rotatable bonds is 1. The maximum Gasteiger partial charge on any atom is 0.320 e. The third-order valence-electron chi connectivity index (χ3n) is 3.73. The Hall–Kier alpha value is -1.30. The smallest absolute Gasteiger partial charge is 0.320 e. The van der Waals surface area contributed by atoms with Crippen molar-refractivity contribution in [2.24, 2.45) is 5.92 Å². The maximum atomic E-state index is 12.3. The molecule has 0 aromatic heterocycles. The summed E-state index contributed by atoms with van der Waals surface area (Å²) in [6.45, 7) is 4.85. The normalized spacial score (nSPS) is 26.2. The predicted molar refractivity (Wildman–Crippen MR) is 64.3 cm³/mol. The van der Waals surface area contributed by atoms with E-state index in [1.54, 1.807) is 4.90 Å². The van der Waals surface area contributed by atoms with Gasteiger partial charge in [0.1, 0.15) is 0 Å². The summed E-state index contributed by atoms with van der Waals surface area (Å²) in [5.74, 6) is -1.04. The summed E-state index contributed by atoms with van der Waals surface area (Å²) < 4.78 is 5.31. The zero-order valence-corrected chi connectivity index (χ0v) is 10.7. The van der Waals surface area contributed by atoms with Crippen LogP contribution in [0.3, 0.4) is 0 Å². The van der Waals surface area contributed by atoms with Crippen LogP contribution in [-0.4, -0.2) is 65.8 Å². The van der Waals surface area contributed by atoms with Crippen LogP contribution < -0.4 is 0 Å². The molecule has 6 nitrogen and oxygen atoms in total. The van der Waals surface area contributed by atoms with Crippen LogP contribution >= 0.6 is 0 Å². The van der Waals surface area contributed by atoms with Gasteiger partial charge in [0, 0.05) is 19.6 Å². The van der Waals surface area contributed by atoms with Gasteiger partial charge >= 0.3 is 12.0 Å². The number of carboxylic acids is 1. The number of carbonyl (C=O) groups is 2. The van der Waals surface area contributed by atoms with Gasteiger partial charge in [-0.2, -0.15) is 0 Å². The van der Waals surface area contributed by atoms with Gasteiger partial charge in [-0.25, -0.2) is 4.79 Å². The van der Waals surface area contributed by atoms with Gasteiger partial charge in [-0.05, 0) is 19.8 Å². The number of ether oxygens (including phenoxy) is 1. The zero-order chi connectivity index (χ0) is 13.1. The van der Waals surface area contributed by atoms with Crippen molar-refractivity contribution >= 4 is 12.0 Å². The topological polar surface area (TPSA) is 70.1 Å². The molecular formula is C12H20N2O4. The van der Waals surface area contributed by atoms with Crippen LogP contribution in [0, 0.1) is 5.92 Å². The van der Waals surface area contributed by atoms with Gasteiger partial charge in [0.25, 0.3) is 0 Å². The first-order chi connectivity index (χ1) is 8.59. The average molecular weight is 256 g/mol. The van der Waals surface area contributed by atoms with E-state index in [0.29, 0.717) is 45.7 Å². The van der Waals surface area contributed by atoms with Gasteiger partial charge in [-0.1, -0.05) is 0 Å². The first-order valence-electron chi connectivity index (χ1n) is 6.45. The molecule has 2 heterocycles. The highest BCUT2D eigenvalue weighted by molar-refractivity contribution is 5.76. The molecule has 0 aliphatic carbocycles. The van der Waals surface area contributed by atoms with Gasteiger partial charge in [0.05, 0.1) is 25.2 Å². The van der Waals surface area contributed by atoms with Crippen LogP contribution in [0.2, 0.25) is 0 Å². The van der Waals surface area contributed by atoms with E-state index in [0.717, 1.165) is 0 Å². The molecule has 6 heteroatoms. The number of amides is 2. The second kappa shape index (κ2) is 5.56. The van der Waals surface area contributed by atoms with Crippen molar-refractivity contribution in [1.29, 1.82) is 0 Å². The molecule has 102 valence electrons. The number of urea groups is 1. The molecule has 2 rings (SSSR count). The second-order valence-electron chi connectivity index (χ2n) is 5.00. The molecule has 2 aliphatic rings. The molecule has 1 atom stereocenters. The van der Waals surface area contributed by atoms with Gasteiger partial charge in [0.2, 0.25) is 0 Å². The SMILES string of the molecule is CC1COCCN1C(=O)N1CCC(C(=O)O)CC1. The molecule has 2 fully saturated rings. The fourth-order valence-electron chi connectivity index (χ4n) is 2.51. The molecule has 0 spiro atoms. The highest BCUT2D eigenvalue weighted by Crippen LogP contribution is 2.19. The molecule has 2 aliphatic heterocycles. The third-order valence-corrected chi connectivity index (χ3v) is 3.73. The van der Waals surface area contributed by atoms with Gasteiger partial charge in [0.15, 0.2) is 0 Å². The van der Waals surface area contributed by atoms with Gasteiger partial charge < -0.3 is 19.6 Å². The molecule has 0 aromatic carbocycles. The van der Waals surface area contributed by atoms with Gasteiger partial charge in [-0.15, -0.1) is 0 Å². The minimum absolute atomic E-state index is 0.0228. The molecular weight excluding hydrogens is 236 g/mol. The molecule has 0 bridgehead atoms. The predicted octanol–water partition coefficient (Wildman–Crippen LogP) is 0.624. The van der Waals surface area contributed by atoms with Crippen LogP contribution in [0.5, 0.6) is 0 Å². The number of hydrogen-bond acceptors (Lipinski definition) is 3. The van der Waals surface area contributed by atoms with Crippen molar-refractivity contribution in [2.45, 2.75) is 25.8 Å². The van der Waals surface area contributed by atoms with Crippen molar-refractivity contribution in [3.63, 3.8) is 0 Å². The van der Waals surface area contributed by atoms with E-state index in [1.165, 1.54) is 0 Å². The quantitative estimate of drug-likeness (QED) is 0.747. The highest BCUT2D eigenvalue weighted by atomic mass is 16.5. The number of morpholine rings is 1. The van der Waals surface area contributed by atoms with Crippen molar-refractivity contribution in [2.75, 3.05) is 32.8 Å². The summed E-state index contributed by atoms with van der Waals surface area (Å²) >= 11 is 0. The summed E-state index contributed by atoms with van der Waals surface area (Å²) in [6, 6.07) is 0.123. The van der Waals surface area contributed by atoms with E-state index in [2.05, 4.69) is 0 Å². The second-order valence-corrected chi connectivity index (χ2v) is 5.00. The van der Waals surface area contributed by atoms with Crippen LogP contribution in [0.1, 0.15) is 19.8 Å². The Balaban J connectivity index is 1.88. The number of piperidine rings is 1. The number of aliphatic carboxylic acids is 1. The Morgan fingerprint density at radius 1 is 1.22 bits per heavy atom.